The molecule has 0 spiro atoms. The molecule has 7 nitrogen and oxygen atoms in total. The van der Waals surface area contributed by atoms with E-state index in [0.717, 1.165) is 15.8 Å². The molecule has 0 fully saturated rings. The summed E-state index contributed by atoms with van der Waals surface area (Å²) in [6.45, 7) is 0. The smallest absolute Gasteiger partial charge is 0.363 e. The molecule has 98 valence electrons. The molecule has 0 aliphatic carbocycles. The van der Waals surface area contributed by atoms with E-state index in [9.17, 15) is 4.79 Å². The highest BCUT2D eigenvalue weighted by Crippen LogP contribution is 2.24. The second-order valence-electron chi connectivity index (χ2n) is 3.44. The van der Waals surface area contributed by atoms with Gasteiger partial charge in [0.1, 0.15) is 5.75 Å². The van der Waals surface area contributed by atoms with Crippen LogP contribution in [0.25, 0.3) is 0 Å². The number of nitrogens with zero attached hydrogens (tertiary/aromatic N) is 3. The standard InChI is InChI=1S/C11H10BrN5O2/c1-19-9-3-2-7(4-8(9)12)5-13-16-10-6-14-17-11(18)15-10/h2-6H,1H3,(H2,15,16,17,18). The minimum atomic E-state index is -0.535. The molecule has 1 aromatic heterocycles. The number of H-pyrrole nitrogens is 1. The number of aromatic nitrogens is 3. The Kier molecular flexibility index (Phi) is 4.24. The summed E-state index contributed by atoms with van der Waals surface area (Å²) in [5.74, 6) is 1.01. The van der Waals surface area contributed by atoms with E-state index in [-0.39, 0.29) is 5.82 Å². The maximum atomic E-state index is 10.9. The third kappa shape index (κ3) is 3.62. The fourth-order valence-corrected chi connectivity index (χ4v) is 1.86. The van der Waals surface area contributed by atoms with Gasteiger partial charge in [0.2, 0.25) is 0 Å². The van der Waals surface area contributed by atoms with Crippen molar-refractivity contribution < 1.29 is 4.74 Å². The van der Waals surface area contributed by atoms with E-state index >= 15 is 0 Å². The number of anilines is 1. The van der Waals surface area contributed by atoms with Crippen molar-refractivity contribution in [3.63, 3.8) is 0 Å². The molecule has 19 heavy (non-hydrogen) atoms. The lowest BCUT2D eigenvalue weighted by molar-refractivity contribution is 0.412. The number of hydrogen-bond donors (Lipinski definition) is 2. The molecule has 0 bridgehead atoms. The highest BCUT2D eigenvalue weighted by atomic mass is 79.9. The summed E-state index contributed by atoms with van der Waals surface area (Å²) in [6.07, 6.45) is 2.95. The highest BCUT2D eigenvalue weighted by Gasteiger charge is 1.99. The van der Waals surface area contributed by atoms with Crippen molar-refractivity contribution in [3.05, 3.63) is 44.9 Å². The van der Waals surface area contributed by atoms with Crippen molar-refractivity contribution in [2.45, 2.75) is 0 Å². The summed E-state index contributed by atoms with van der Waals surface area (Å²) < 4.78 is 5.95. The van der Waals surface area contributed by atoms with E-state index in [1.54, 1.807) is 13.3 Å². The first-order valence-corrected chi connectivity index (χ1v) is 6.02. The highest BCUT2D eigenvalue weighted by molar-refractivity contribution is 9.10. The maximum absolute atomic E-state index is 10.9. The Bertz CT molecular complexity index is 656. The topological polar surface area (TPSA) is 92.3 Å². The van der Waals surface area contributed by atoms with Crippen molar-refractivity contribution >= 4 is 28.0 Å². The Morgan fingerprint density at radius 2 is 2.37 bits per heavy atom. The number of nitrogens with one attached hydrogen (secondary N) is 2. The van der Waals surface area contributed by atoms with Crippen LogP contribution >= 0.6 is 15.9 Å². The van der Waals surface area contributed by atoms with Crippen molar-refractivity contribution in [2.24, 2.45) is 5.10 Å². The molecule has 2 rings (SSSR count). The Morgan fingerprint density at radius 1 is 1.53 bits per heavy atom. The Hall–Kier alpha value is -2.22. The monoisotopic (exact) mass is 323 g/mol. The van der Waals surface area contributed by atoms with Gasteiger partial charge in [0.15, 0.2) is 5.82 Å². The summed E-state index contributed by atoms with van der Waals surface area (Å²) in [6, 6.07) is 5.52. The fraction of sp³-hybridized carbons (Fsp3) is 0.0909. The first-order chi connectivity index (χ1) is 9.19. The van der Waals surface area contributed by atoms with Crippen LogP contribution in [-0.2, 0) is 0 Å². The molecule has 1 heterocycles. The van der Waals surface area contributed by atoms with Gasteiger partial charge in [0, 0.05) is 0 Å². The van der Waals surface area contributed by atoms with Crippen molar-refractivity contribution in [1.29, 1.82) is 0 Å². The van der Waals surface area contributed by atoms with Crippen molar-refractivity contribution in [3.8, 4) is 5.75 Å². The second-order valence-corrected chi connectivity index (χ2v) is 4.29. The van der Waals surface area contributed by atoms with Crippen LogP contribution in [0, 0.1) is 0 Å². The number of rotatable bonds is 4. The molecule has 0 amide bonds. The van der Waals surface area contributed by atoms with E-state index in [1.807, 2.05) is 18.2 Å². The zero-order chi connectivity index (χ0) is 13.7. The van der Waals surface area contributed by atoms with Gasteiger partial charge in [-0.2, -0.15) is 15.2 Å². The molecule has 0 radical (unpaired) electrons. The van der Waals surface area contributed by atoms with Crippen LogP contribution in [0.15, 0.2) is 38.8 Å². The Balaban J connectivity index is 2.07. The van der Waals surface area contributed by atoms with Gasteiger partial charge in [-0.05, 0) is 39.7 Å². The van der Waals surface area contributed by atoms with Crippen LogP contribution < -0.4 is 15.9 Å². The number of ether oxygens (including phenoxy) is 1. The van der Waals surface area contributed by atoms with Crippen LogP contribution in [0.2, 0.25) is 0 Å². The van der Waals surface area contributed by atoms with Crippen LogP contribution in [-0.4, -0.2) is 28.5 Å². The average molecular weight is 324 g/mol. The average Bonchev–Trinajstić information content (AvgIpc) is 2.39. The number of hydrogen-bond acceptors (Lipinski definition) is 6. The quantitative estimate of drug-likeness (QED) is 0.655. The van der Waals surface area contributed by atoms with Gasteiger partial charge in [-0.1, -0.05) is 0 Å². The minimum absolute atomic E-state index is 0.271. The van der Waals surface area contributed by atoms with E-state index in [0.29, 0.717) is 0 Å². The molecular weight excluding hydrogens is 314 g/mol. The number of benzene rings is 1. The predicted molar refractivity (Wildman–Crippen MR) is 74.6 cm³/mol. The third-order valence-electron chi connectivity index (χ3n) is 2.14. The molecule has 0 atom stereocenters. The number of methoxy groups -OCH3 is 1. The summed E-state index contributed by atoms with van der Waals surface area (Å²) >= 11 is 3.38. The van der Waals surface area contributed by atoms with E-state index in [4.69, 9.17) is 4.74 Å². The fourth-order valence-electron chi connectivity index (χ4n) is 1.30. The summed E-state index contributed by atoms with van der Waals surface area (Å²) in [7, 11) is 1.60. The molecule has 0 saturated carbocycles. The van der Waals surface area contributed by atoms with E-state index in [1.165, 1.54) is 6.20 Å². The van der Waals surface area contributed by atoms with Gasteiger partial charge in [-0.25, -0.2) is 9.89 Å². The lowest BCUT2D eigenvalue weighted by Crippen LogP contribution is -2.13. The molecule has 2 aromatic rings. The van der Waals surface area contributed by atoms with Gasteiger partial charge in [-0.15, -0.1) is 0 Å². The minimum Gasteiger partial charge on any atom is -0.496 e. The van der Waals surface area contributed by atoms with Crippen LogP contribution in [0.5, 0.6) is 5.75 Å². The normalized spacial score (nSPS) is 10.6. The maximum Gasteiger partial charge on any atom is 0.363 e. The summed E-state index contributed by atoms with van der Waals surface area (Å²) in [5.41, 5.74) is 2.94. The first kappa shape index (κ1) is 13.2. The lowest BCUT2D eigenvalue weighted by Gasteiger charge is -2.03. The van der Waals surface area contributed by atoms with Crippen LogP contribution in [0.3, 0.4) is 0 Å². The molecule has 0 aliphatic heterocycles. The SMILES string of the molecule is COc1ccc(C=NNc2cn[nH]c(=O)n2)cc1Br. The summed E-state index contributed by atoms with van der Waals surface area (Å²) in [4.78, 5) is 14.5. The molecule has 0 unspecified atom stereocenters. The number of aromatic amines is 1. The molecule has 1 aromatic carbocycles. The zero-order valence-corrected chi connectivity index (χ0v) is 11.5. The molecule has 0 saturated heterocycles. The zero-order valence-electron chi connectivity index (χ0n) is 9.92. The van der Waals surface area contributed by atoms with E-state index in [2.05, 4.69) is 41.6 Å². The van der Waals surface area contributed by atoms with Crippen LogP contribution in [0.4, 0.5) is 5.82 Å². The molecule has 0 aliphatic rings. The van der Waals surface area contributed by atoms with Crippen molar-refractivity contribution in [2.75, 3.05) is 12.5 Å². The predicted octanol–water partition coefficient (Wildman–Crippen LogP) is 1.38. The van der Waals surface area contributed by atoms with Gasteiger partial charge < -0.3 is 4.74 Å². The van der Waals surface area contributed by atoms with Crippen molar-refractivity contribution in [1.82, 2.24) is 15.2 Å². The molecule has 8 heteroatoms. The van der Waals surface area contributed by atoms with Gasteiger partial charge >= 0.3 is 5.69 Å². The second kappa shape index (κ2) is 6.10. The van der Waals surface area contributed by atoms with Gasteiger partial charge in [0.25, 0.3) is 0 Å². The third-order valence-corrected chi connectivity index (χ3v) is 2.76. The molecular formula is C11H10BrN5O2. The first-order valence-electron chi connectivity index (χ1n) is 5.23. The Labute approximate surface area is 116 Å². The molecule has 2 N–H and O–H groups in total. The van der Waals surface area contributed by atoms with Gasteiger partial charge in [0.05, 0.1) is 24.0 Å². The number of hydrazone groups is 1. The number of halogens is 1. The largest absolute Gasteiger partial charge is 0.496 e. The summed E-state index contributed by atoms with van der Waals surface area (Å²) in [5, 5.41) is 9.72. The van der Waals surface area contributed by atoms with Crippen LogP contribution in [0.1, 0.15) is 5.56 Å². The van der Waals surface area contributed by atoms with E-state index < -0.39 is 5.69 Å². The lowest BCUT2D eigenvalue weighted by atomic mass is 10.2. The Morgan fingerprint density at radius 3 is 3.05 bits per heavy atom. The van der Waals surface area contributed by atoms with Gasteiger partial charge in [-0.3, -0.25) is 5.43 Å².